The molecule has 0 aromatic rings. The Balaban J connectivity index is 5.25. The predicted octanol–water partition coefficient (Wildman–Crippen LogP) is 23.4. The molecule has 0 aliphatic heterocycles. The summed E-state index contributed by atoms with van der Waals surface area (Å²) >= 11 is 0. The molecule has 0 aliphatic carbocycles. The van der Waals surface area contributed by atoms with Crippen molar-refractivity contribution in [1.29, 1.82) is 0 Å². The molecule has 0 saturated carbocycles. The van der Waals surface area contributed by atoms with E-state index in [9.17, 15) is 43.2 Å². The summed E-state index contributed by atoms with van der Waals surface area (Å²) < 4.78 is 68.7. The summed E-state index contributed by atoms with van der Waals surface area (Å²) in [6.07, 6.45) is 56.8. The summed E-state index contributed by atoms with van der Waals surface area (Å²) in [7, 11) is -9.92. The van der Waals surface area contributed by atoms with Crippen molar-refractivity contribution in [1.82, 2.24) is 0 Å². The predicted molar refractivity (Wildman–Crippen MR) is 400 cm³/mol. The molecule has 0 aliphatic rings. The van der Waals surface area contributed by atoms with Gasteiger partial charge in [-0.3, -0.25) is 37.3 Å². The summed E-state index contributed by atoms with van der Waals surface area (Å²) in [5.74, 6) is 0.204. The van der Waals surface area contributed by atoms with E-state index in [-0.39, 0.29) is 25.7 Å². The Morgan fingerprint density at radius 2 is 0.520 bits per heavy atom. The van der Waals surface area contributed by atoms with Gasteiger partial charge in [0.05, 0.1) is 26.4 Å². The molecule has 0 aromatic carbocycles. The van der Waals surface area contributed by atoms with E-state index < -0.39 is 97.5 Å². The second-order valence-corrected chi connectivity index (χ2v) is 32.6. The lowest BCUT2D eigenvalue weighted by Gasteiger charge is -2.21. The second kappa shape index (κ2) is 69.4. The molecule has 0 rings (SSSR count). The van der Waals surface area contributed by atoms with Gasteiger partial charge in [0.2, 0.25) is 0 Å². The average Bonchev–Trinajstić information content (AvgIpc) is 0.983. The normalized spacial score (nSPS) is 14.3. The molecule has 17 nitrogen and oxygen atoms in total. The van der Waals surface area contributed by atoms with Gasteiger partial charge in [-0.1, -0.05) is 357 Å². The van der Waals surface area contributed by atoms with Crippen LogP contribution in [0.3, 0.4) is 0 Å². The molecule has 3 unspecified atom stereocenters. The summed E-state index contributed by atoms with van der Waals surface area (Å²) in [6.45, 7) is 11.9. The van der Waals surface area contributed by atoms with Crippen LogP contribution in [0.1, 0.15) is 408 Å². The maximum Gasteiger partial charge on any atom is 0.472 e. The first-order chi connectivity index (χ1) is 47.3. The van der Waals surface area contributed by atoms with Gasteiger partial charge in [0.25, 0.3) is 0 Å². The number of phosphoric acid groups is 2. The third-order valence-electron chi connectivity index (χ3n) is 18.7. The smallest absolute Gasteiger partial charge is 0.462 e. The number of carbonyl (C=O) groups excluding carboxylic acids is 4. The first kappa shape index (κ1) is 96.1. The fourth-order valence-electron chi connectivity index (χ4n) is 12.1. The highest BCUT2D eigenvalue weighted by Gasteiger charge is 2.30. The Morgan fingerprint density at radius 1 is 0.296 bits per heavy atom. The van der Waals surface area contributed by atoms with E-state index in [2.05, 4.69) is 48.5 Å². The molecular weight excluding hydrogens is 1280 g/mol. The number of rotatable bonds is 77. The first-order valence-corrected chi connectivity index (χ1v) is 43.9. The van der Waals surface area contributed by atoms with Gasteiger partial charge in [-0.05, 0) is 43.4 Å². The van der Waals surface area contributed by atoms with Gasteiger partial charge in [-0.15, -0.1) is 0 Å². The maximum absolute atomic E-state index is 13.1. The molecule has 3 N–H and O–H groups in total. The van der Waals surface area contributed by atoms with E-state index in [0.29, 0.717) is 25.7 Å². The minimum atomic E-state index is -4.96. The van der Waals surface area contributed by atoms with E-state index in [1.807, 2.05) is 0 Å². The third kappa shape index (κ3) is 71.1. The quantitative estimate of drug-likeness (QED) is 0.0222. The largest absolute Gasteiger partial charge is 0.472 e. The van der Waals surface area contributed by atoms with E-state index in [4.69, 9.17) is 37.0 Å². The fraction of sp³-hybridized carbons (Fsp3) is 0.949. The van der Waals surface area contributed by atoms with Crippen LogP contribution in [0.2, 0.25) is 0 Å². The van der Waals surface area contributed by atoms with E-state index >= 15 is 0 Å². The molecule has 0 fully saturated rings. The highest BCUT2D eigenvalue weighted by atomic mass is 31.2. The molecule has 0 amide bonds. The molecule has 0 bridgehead atoms. The van der Waals surface area contributed by atoms with Crippen LogP contribution in [0.25, 0.3) is 0 Å². The van der Waals surface area contributed by atoms with E-state index in [1.165, 1.54) is 212 Å². The van der Waals surface area contributed by atoms with Crippen LogP contribution in [0.5, 0.6) is 0 Å². The fourth-order valence-corrected chi connectivity index (χ4v) is 13.7. The number of phosphoric ester groups is 2. The first-order valence-electron chi connectivity index (χ1n) is 40.9. The number of hydrogen-bond donors (Lipinski definition) is 3. The van der Waals surface area contributed by atoms with Gasteiger partial charge in [0.15, 0.2) is 12.2 Å². The van der Waals surface area contributed by atoms with E-state index in [0.717, 1.165) is 114 Å². The number of aliphatic hydroxyl groups is 1. The maximum atomic E-state index is 13.1. The molecule has 0 aromatic heterocycles. The van der Waals surface area contributed by atoms with Crippen molar-refractivity contribution < 1.29 is 80.2 Å². The standard InChI is InChI=1S/C79H154O17P2/c1-8-10-11-12-13-14-15-16-17-23-29-34-39-48-55-63-79(84)96-75(67-90-77(82)61-54-47-42-41-45-52-59-72(7)9-2)69-94-98(87,88)92-65-73(80)64-91-97(85,86)93-68-74(66-89-76(81)60-53-46-38-33-28-25-20-22-27-32-37-44-51-58-71(5)6)95-78(83)62-56-49-40-35-30-24-19-18-21-26-31-36-43-50-57-70(3)4/h70-75,80H,8-69H2,1-7H3,(H,85,86)(H,87,88)/t72?,73-,74-,75-/m1/s1. The zero-order chi connectivity index (χ0) is 72.3. The number of aliphatic hydroxyl groups excluding tert-OH is 1. The minimum Gasteiger partial charge on any atom is -0.462 e. The molecule has 0 spiro atoms. The van der Waals surface area contributed by atoms with Crippen molar-refractivity contribution in [2.45, 2.75) is 426 Å². The Morgan fingerprint density at radius 3 is 0.776 bits per heavy atom. The molecule has 19 heteroatoms. The van der Waals surface area contributed by atoms with Crippen LogP contribution in [0, 0.1) is 17.8 Å². The monoisotopic (exact) mass is 1440 g/mol. The Hall–Kier alpha value is -1.94. The number of carbonyl (C=O) groups is 4. The van der Waals surface area contributed by atoms with Gasteiger partial charge in [-0.25, -0.2) is 9.13 Å². The van der Waals surface area contributed by atoms with Crippen LogP contribution in [0.15, 0.2) is 0 Å². The molecule has 582 valence electrons. The van der Waals surface area contributed by atoms with Gasteiger partial charge in [0, 0.05) is 25.7 Å². The SMILES string of the molecule is CCCCCCCCCCCCCCCCCC(=O)O[C@H](COC(=O)CCCCCCCCC(C)CC)COP(=O)(O)OC[C@H](O)COP(=O)(O)OC[C@@H](COC(=O)CCCCCCCCCCCCCCCC(C)C)OC(=O)CCCCCCCCCCCCCCCCC(C)C. The zero-order valence-electron chi connectivity index (χ0n) is 64.3. The summed E-state index contributed by atoms with van der Waals surface area (Å²) in [6, 6.07) is 0. The Kier molecular flexibility index (Phi) is 68.1. The van der Waals surface area contributed by atoms with Crippen molar-refractivity contribution in [2.24, 2.45) is 17.8 Å². The van der Waals surface area contributed by atoms with Gasteiger partial charge >= 0.3 is 39.5 Å². The number of unbranched alkanes of at least 4 members (excludes halogenated alkanes) is 44. The number of hydrogen-bond acceptors (Lipinski definition) is 15. The average molecular weight is 1440 g/mol. The summed E-state index contributed by atoms with van der Waals surface area (Å²) in [5.41, 5.74) is 0. The van der Waals surface area contributed by atoms with Crippen LogP contribution < -0.4 is 0 Å². The summed E-state index contributed by atoms with van der Waals surface area (Å²) in [4.78, 5) is 73.0. The highest BCUT2D eigenvalue weighted by molar-refractivity contribution is 7.47. The van der Waals surface area contributed by atoms with Gasteiger partial charge in [-0.2, -0.15) is 0 Å². The van der Waals surface area contributed by atoms with Crippen molar-refractivity contribution in [3.63, 3.8) is 0 Å². The molecular formula is C79H154O17P2. The lowest BCUT2D eigenvalue weighted by molar-refractivity contribution is -0.161. The molecule has 6 atom stereocenters. The van der Waals surface area contributed by atoms with Crippen LogP contribution in [-0.4, -0.2) is 96.7 Å². The van der Waals surface area contributed by atoms with Crippen LogP contribution in [0.4, 0.5) is 0 Å². The Bertz CT molecular complexity index is 1910. The van der Waals surface area contributed by atoms with Crippen molar-refractivity contribution in [3.8, 4) is 0 Å². The van der Waals surface area contributed by atoms with Crippen LogP contribution >= 0.6 is 15.6 Å². The number of ether oxygens (including phenoxy) is 4. The molecule has 0 heterocycles. The van der Waals surface area contributed by atoms with Gasteiger partial charge in [0.1, 0.15) is 19.3 Å². The lowest BCUT2D eigenvalue weighted by atomic mass is 10.00. The number of esters is 4. The second-order valence-electron chi connectivity index (χ2n) is 29.6. The minimum absolute atomic E-state index is 0.107. The Labute approximate surface area is 600 Å². The van der Waals surface area contributed by atoms with Crippen LogP contribution in [-0.2, 0) is 65.4 Å². The van der Waals surface area contributed by atoms with Crippen molar-refractivity contribution in [2.75, 3.05) is 39.6 Å². The van der Waals surface area contributed by atoms with Crippen molar-refractivity contribution in [3.05, 3.63) is 0 Å². The summed E-state index contributed by atoms with van der Waals surface area (Å²) in [5, 5.41) is 10.6. The molecule has 0 radical (unpaired) electrons. The zero-order valence-corrected chi connectivity index (χ0v) is 66.0. The van der Waals surface area contributed by atoms with Crippen molar-refractivity contribution >= 4 is 39.5 Å². The van der Waals surface area contributed by atoms with E-state index in [1.54, 1.807) is 0 Å². The highest BCUT2D eigenvalue weighted by Crippen LogP contribution is 2.45. The van der Waals surface area contributed by atoms with Gasteiger partial charge < -0.3 is 33.8 Å². The third-order valence-corrected chi connectivity index (χ3v) is 20.6. The molecule has 98 heavy (non-hydrogen) atoms. The lowest BCUT2D eigenvalue weighted by Crippen LogP contribution is -2.30. The molecule has 0 saturated heterocycles. The topological polar surface area (TPSA) is 237 Å².